The molecule has 0 aliphatic rings. The molecule has 0 amide bonds. The third-order valence-electron chi connectivity index (χ3n) is 2.27. The fraction of sp³-hybridized carbons (Fsp3) is 0.154. The monoisotopic (exact) mass is 248 g/mol. The lowest BCUT2D eigenvalue weighted by Crippen LogP contribution is -1.92. The van der Waals surface area contributed by atoms with Gasteiger partial charge in [0.15, 0.2) is 0 Å². The Morgan fingerprint density at radius 3 is 2.94 bits per heavy atom. The second kappa shape index (κ2) is 4.85. The Kier molecular flexibility index (Phi) is 3.46. The van der Waals surface area contributed by atoms with E-state index in [1.165, 1.54) is 27.4 Å². The first-order valence-corrected chi connectivity index (χ1v) is 6.83. The SMILES string of the molecule is C=C(C)C(=O)SCc1csc2ccccc12. The topological polar surface area (TPSA) is 17.1 Å². The van der Waals surface area contributed by atoms with Gasteiger partial charge in [-0.3, -0.25) is 4.79 Å². The van der Waals surface area contributed by atoms with Gasteiger partial charge in [0.05, 0.1) is 0 Å². The third kappa shape index (κ3) is 2.36. The van der Waals surface area contributed by atoms with Gasteiger partial charge in [-0.1, -0.05) is 36.5 Å². The van der Waals surface area contributed by atoms with E-state index in [2.05, 4.69) is 24.1 Å². The molecule has 82 valence electrons. The van der Waals surface area contributed by atoms with Crippen LogP contribution >= 0.6 is 23.1 Å². The van der Waals surface area contributed by atoms with Crippen LogP contribution < -0.4 is 0 Å². The van der Waals surface area contributed by atoms with Gasteiger partial charge in [0, 0.05) is 10.5 Å². The van der Waals surface area contributed by atoms with Crippen molar-refractivity contribution in [1.29, 1.82) is 0 Å². The largest absolute Gasteiger partial charge is 0.282 e. The molecule has 0 N–H and O–H groups in total. The van der Waals surface area contributed by atoms with Crippen LogP contribution in [0.25, 0.3) is 10.1 Å². The van der Waals surface area contributed by atoms with Crippen molar-refractivity contribution < 1.29 is 4.79 Å². The zero-order valence-electron chi connectivity index (χ0n) is 9.03. The van der Waals surface area contributed by atoms with Gasteiger partial charge in [-0.15, -0.1) is 11.3 Å². The summed E-state index contributed by atoms with van der Waals surface area (Å²) in [5.41, 5.74) is 1.85. The van der Waals surface area contributed by atoms with Gasteiger partial charge in [0.2, 0.25) is 5.12 Å². The molecule has 2 rings (SSSR count). The minimum atomic E-state index is 0.0790. The average molecular weight is 248 g/mol. The van der Waals surface area contributed by atoms with Crippen molar-refractivity contribution in [2.45, 2.75) is 12.7 Å². The van der Waals surface area contributed by atoms with E-state index < -0.39 is 0 Å². The minimum Gasteiger partial charge on any atom is -0.282 e. The normalized spacial score (nSPS) is 10.6. The van der Waals surface area contributed by atoms with Crippen molar-refractivity contribution in [3.63, 3.8) is 0 Å². The summed E-state index contributed by atoms with van der Waals surface area (Å²) < 4.78 is 1.28. The number of fused-ring (bicyclic) bond motifs is 1. The van der Waals surface area contributed by atoms with Gasteiger partial charge in [-0.05, 0) is 34.9 Å². The molecule has 1 heterocycles. The molecule has 0 aliphatic carbocycles. The molecule has 3 heteroatoms. The van der Waals surface area contributed by atoms with E-state index in [1.807, 2.05) is 12.1 Å². The van der Waals surface area contributed by atoms with Gasteiger partial charge in [-0.25, -0.2) is 0 Å². The molecule has 0 saturated heterocycles. The predicted molar refractivity (Wildman–Crippen MR) is 72.9 cm³/mol. The Bertz CT molecular complexity index is 540. The highest BCUT2D eigenvalue weighted by molar-refractivity contribution is 8.13. The average Bonchev–Trinajstić information content (AvgIpc) is 2.69. The number of rotatable bonds is 3. The molecule has 2 aromatic rings. The number of thioether (sulfide) groups is 1. The van der Waals surface area contributed by atoms with Crippen LogP contribution in [0.1, 0.15) is 12.5 Å². The molecule has 0 saturated carbocycles. The van der Waals surface area contributed by atoms with E-state index in [0.717, 1.165) is 5.75 Å². The van der Waals surface area contributed by atoms with Gasteiger partial charge < -0.3 is 0 Å². The van der Waals surface area contributed by atoms with Crippen LogP contribution in [0.5, 0.6) is 0 Å². The van der Waals surface area contributed by atoms with Crippen LogP contribution in [0, 0.1) is 0 Å². The molecule has 0 aliphatic heterocycles. The molecular formula is C13H12OS2. The van der Waals surface area contributed by atoms with E-state index in [-0.39, 0.29) is 5.12 Å². The lowest BCUT2D eigenvalue weighted by molar-refractivity contribution is -0.107. The summed E-state index contributed by atoms with van der Waals surface area (Å²) in [7, 11) is 0. The number of hydrogen-bond donors (Lipinski definition) is 0. The lowest BCUT2D eigenvalue weighted by atomic mass is 10.2. The Labute approximate surface area is 103 Å². The van der Waals surface area contributed by atoms with Crippen LogP contribution in [-0.2, 0) is 10.5 Å². The summed E-state index contributed by atoms with van der Waals surface area (Å²) in [5.74, 6) is 0.732. The first-order chi connectivity index (χ1) is 7.68. The number of thiophene rings is 1. The van der Waals surface area contributed by atoms with Crippen molar-refractivity contribution >= 4 is 38.3 Å². The van der Waals surface area contributed by atoms with E-state index in [4.69, 9.17) is 0 Å². The number of carbonyl (C=O) groups excluding carboxylic acids is 1. The summed E-state index contributed by atoms with van der Waals surface area (Å²) >= 11 is 3.05. The molecule has 0 fully saturated rings. The molecule has 1 nitrogen and oxygen atoms in total. The van der Waals surface area contributed by atoms with Gasteiger partial charge >= 0.3 is 0 Å². The number of hydrogen-bond acceptors (Lipinski definition) is 3. The van der Waals surface area contributed by atoms with Gasteiger partial charge in [0.1, 0.15) is 0 Å². The zero-order chi connectivity index (χ0) is 11.5. The molecule has 0 unspecified atom stereocenters. The quantitative estimate of drug-likeness (QED) is 0.756. The molecule has 1 aromatic carbocycles. The molecule has 0 spiro atoms. The number of carbonyl (C=O) groups is 1. The van der Waals surface area contributed by atoms with Crippen LogP contribution in [0.2, 0.25) is 0 Å². The fourth-order valence-electron chi connectivity index (χ4n) is 1.41. The van der Waals surface area contributed by atoms with E-state index in [0.29, 0.717) is 5.57 Å². The lowest BCUT2D eigenvalue weighted by Gasteiger charge is -1.99. The third-order valence-corrected chi connectivity index (χ3v) is 4.35. The highest BCUT2D eigenvalue weighted by atomic mass is 32.2. The van der Waals surface area contributed by atoms with Crippen molar-refractivity contribution in [2.75, 3.05) is 0 Å². The Balaban J connectivity index is 2.16. The highest BCUT2D eigenvalue weighted by Crippen LogP contribution is 2.29. The van der Waals surface area contributed by atoms with Crippen LogP contribution in [0.4, 0.5) is 0 Å². The maximum absolute atomic E-state index is 11.4. The summed E-state index contributed by atoms with van der Waals surface area (Å²) in [6.45, 7) is 5.40. The zero-order valence-corrected chi connectivity index (χ0v) is 10.7. The summed E-state index contributed by atoms with van der Waals surface area (Å²) in [4.78, 5) is 11.4. The van der Waals surface area contributed by atoms with Crippen LogP contribution in [-0.4, -0.2) is 5.12 Å². The molecule has 1 aromatic heterocycles. The van der Waals surface area contributed by atoms with Crippen molar-refractivity contribution in [1.82, 2.24) is 0 Å². The Morgan fingerprint density at radius 2 is 2.19 bits per heavy atom. The van der Waals surface area contributed by atoms with Crippen LogP contribution in [0.3, 0.4) is 0 Å². The Morgan fingerprint density at radius 1 is 1.44 bits per heavy atom. The number of benzene rings is 1. The van der Waals surface area contributed by atoms with Gasteiger partial charge in [0.25, 0.3) is 0 Å². The predicted octanol–water partition coefficient (Wildman–Crippen LogP) is 4.24. The first kappa shape index (κ1) is 11.4. The second-order valence-electron chi connectivity index (χ2n) is 3.61. The molecule has 0 atom stereocenters. The molecular weight excluding hydrogens is 236 g/mol. The van der Waals surface area contributed by atoms with E-state index >= 15 is 0 Å². The van der Waals surface area contributed by atoms with Crippen molar-refractivity contribution in [3.8, 4) is 0 Å². The minimum absolute atomic E-state index is 0.0790. The van der Waals surface area contributed by atoms with E-state index in [9.17, 15) is 4.79 Å². The smallest absolute Gasteiger partial charge is 0.214 e. The standard InChI is InChI=1S/C13H12OS2/c1-9(2)13(14)16-8-10-7-15-12-6-4-3-5-11(10)12/h3-7H,1,8H2,2H3. The van der Waals surface area contributed by atoms with Crippen LogP contribution in [0.15, 0.2) is 41.8 Å². The second-order valence-corrected chi connectivity index (χ2v) is 5.47. The summed E-state index contributed by atoms with van der Waals surface area (Å²) in [6, 6.07) is 8.28. The summed E-state index contributed by atoms with van der Waals surface area (Å²) in [6.07, 6.45) is 0. The maximum atomic E-state index is 11.4. The van der Waals surface area contributed by atoms with E-state index in [1.54, 1.807) is 18.3 Å². The Hall–Kier alpha value is -1.06. The van der Waals surface area contributed by atoms with Crippen molar-refractivity contribution in [2.24, 2.45) is 0 Å². The molecule has 0 radical (unpaired) electrons. The molecule has 0 bridgehead atoms. The summed E-state index contributed by atoms with van der Waals surface area (Å²) in [5, 5.41) is 3.47. The fourth-order valence-corrected chi connectivity index (χ4v) is 3.25. The maximum Gasteiger partial charge on any atom is 0.214 e. The molecule has 16 heavy (non-hydrogen) atoms. The highest BCUT2D eigenvalue weighted by Gasteiger charge is 2.07. The van der Waals surface area contributed by atoms with Gasteiger partial charge in [-0.2, -0.15) is 0 Å². The first-order valence-electron chi connectivity index (χ1n) is 4.96. The van der Waals surface area contributed by atoms with Crippen molar-refractivity contribution in [3.05, 3.63) is 47.4 Å².